The van der Waals surface area contributed by atoms with Crippen LogP contribution in [0.25, 0.3) is 0 Å². The largest absolute Gasteiger partial charge is 0.504 e. The quantitative estimate of drug-likeness (QED) is 0.465. The first-order chi connectivity index (χ1) is 2.77. The van der Waals surface area contributed by atoms with E-state index in [1.54, 1.807) is 6.66 Å². The van der Waals surface area contributed by atoms with Gasteiger partial charge in [-0.2, -0.15) is 0 Å². The summed E-state index contributed by atoms with van der Waals surface area (Å²) in [4.78, 5) is 0. The van der Waals surface area contributed by atoms with Crippen LogP contribution in [0.3, 0.4) is 0 Å². The van der Waals surface area contributed by atoms with Crippen molar-refractivity contribution in [2.75, 3.05) is 13.3 Å². The van der Waals surface area contributed by atoms with Gasteiger partial charge in [-0.05, 0) is 11.5 Å². The SMILES string of the molecule is CCO[P+](C)=O.[Zn]. The summed E-state index contributed by atoms with van der Waals surface area (Å²) >= 11 is 0. The summed E-state index contributed by atoms with van der Waals surface area (Å²) in [5, 5.41) is 0. The van der Waals surface area contributed by atoms with Crippen molar-refractivity contribution < 1.29 is 28.6 Å². The summed E-state index contributed by atoms with van der Waals surface area (Å²) in [6, 6.07) is 0. The predicted molar refractivity (Wildman–Crippen MR) is 25.2 cm³/mol. The smallest absolute Gasteiger partial charge is 0.147 e. The predicted octanol–water partition coefficient (Wildman–Crippen LogP) is 1.39. The van der Waals surface area contributed by atoms with E-state index >= 15 is 0 Å². The van der Waals surface area contributed by atoms with Crippen molar-refractivity contribution >= 4 is 8.03 Å². The fraction of sp³-hybridized carbons (Fsp3) is 1.00. The van der Waals surface area contributed by atoms with E-state index in [9.17, 15) is 4.57 Å². The van der Waals surface area contributed by atoms with Crippen molar-refractivity contribution in [3.63, 3.8) is 0 Å². The molecule has 0 saturated carbocycles. The Kier molecular flexibility index (Phi) is 10.1. The molecule has 0 radical (unpaired) electrons. The van der Waals surface area contributed by atoms with Gasteiger partial charge in [-0.1, -0.05) is 0 Å². The molecule has 4 heteroatoms. The monoisotopic (exact) mass is 171 g/mol. The molecule has 0 aromatic carbocycles. The summed E-state index contributed by atoms with van der Waals surface area (Å²) in [7, 11) is -1.35. The zero-order valence-electron chi connectivity index (χ0n) is 4.68. The van der Waals surface area contributed by atoms with Gasteiger partial charge in [0.25, 0.3) is 0 Å². The van der Waals surface area contributed by atoms with Gasteiger partial charge >= 0.3 is 8.03 Å². The van der Waals surface area contributed by atoms with Crippen LogP contribution in [0.1, 0.15) is 6.92 Å². The molecule has 0 aliphatic carbocycles. The van der Waals surface area contributed by atoms with E-state index in [0.29, 0.717) is 6.61 Å². The molecule has 0 bridgehead atoms. The molecule has 0 saturated heterocycles. The molecule has 0 aliphatic rings. The molecule has 2 nitrogen and oxygen atoms in total. The maximum absolute atomic E-state index is 9.97. The standard InChI is InChI=1S/C3H8O2P.Zn/c1-3-5-6(2)4;/h3H2,1-2H3;/q+1;. The third-order valence-corrected chi connectivity index (χ3v) is 0.933. The zero-order chi connectivity index (χ0) is 4.99. The molecule has 38 valence electrons. The van der Waals surface area contributed by atoms with Crippen molar-refractivity contribution in [2.24, 2.45) is 0 Å². The van der Waals surface area contributed by atoms with E-state index in [4.69, 9.17) is 0 Å². The van der Waals surface area contributed by atoms with Crippen LogP contribution in [-0.4, -0.2) is 13.3 Å². The molecule has 0 aliphatic heterocycles. The topological polar surface area (TPSA) is 26.3 Å². The minimum absolute atomic E-state index is 0. The summed E-state index contributed by atoms with van der Waals surface area (Å²) in [5.41, 5.74) is 0. The zero-order valence-corrected chi connectivity index (χ0v) is 8.54. The van der Waals surface area contributed by atoms with Crippen molar-refractivity contribution in [2.45, 2.75) is 6.92 Å². The molecule has 0 aromatic heterocycles. The summed E-state index contributed by atoms with van der Waals surface area (Å²) < 4.78 is 14.5. The Labute approximate surface area is 57.3 Å². The van der Waals surface area contributed by atoms with Crippen LogP contribution in [0.2, 0.25) is 0 Å². The van der Waals surface area contributed by atoms with Crippen LogP contribution in [0, 0.1) is 0 Å². The van der Waals surface area contributed by atoms with E-state index in [2.05, 4.69) is 4.52 Å². The van der Waals surface area contributed by atoms with Crippen LogP contribution in [0.15, 0.2) is 0 Å². The average Bonchev–Trinajstić information content (AvgIpc) is 1.35. The Morgan fingerprint density at radius 3 is 2.14 bits per heavy atom. The molecule has 0 heterocycles. The summed E-state index contributed by atoms with van der Waals surface area (Å²) in [6.07, 6.45) is 0. The average molecular weight is 172 g/mol. The van der Waals surface area contributed by atoms with Crippen molar-refractivity contribution in [3.8, 4) is 0 Å². The van der Waals surface area contributed by atoms with Crippen LogP contribution in [0.4, 0.5) is 0 Å². The van der Waals surface area contributed by atoms with Gasteiger partial charge in [-0.25, -0.2) is 0 Å². The van der Waals surface area contributed by atoms with E-state index in [1.165, 1.54) is 0 Å². The molecule has 1 atom stereocenters. The molecule has 0 fully saturated rings. The Morgan fingerprint density at radius 1 is 1.71 bits per heavy atom. The first-order valence-electron chi connectivity index (χ1n) is 1.81. The molecule has 0 amide bonds. The second-order valence-electron chi connectivity index (χ2n) is 0.857. The normalized spacial score (nSPS) is 9.71. The summed E-state index contributed by atoms with van der Waals surface area (Å²) in [6.45, 7) is 3.90. The maximum Gasteiger partial charge on any atom is 0.504 e. The number of rotatable bonds is 2. The molecule has 0 spiro atoms. The Morgan fingerprint density at radius 2 is 2.14 bits per heavy atom. The molecular formula is C3H8O2PZn+. The van der Waals surface area contributed by atoms with Gasteiger partial charge in [0.1, 0.15) is 0 Å². The fourth-order valence-electron chi connectivity index (χ4n) is 0.182. The second-order valence-corrected chi connectivity index (χ2v) is 2.00. The molecule has 1 unspecified atom stereocenters. The van der Waals surface area contributed by atoms with Gasteiger partial charge in [-0.3, -0.25) is 0 Å². The number of hydrogen-bond donors (Lipinski definition) is 0. The van der Waals surface area contributed by atoms with Crippen LogP contribution >= 0.6 is 8.03 Å². The Balaban J connectivity index is 0. The summed E-state index contributed by atoms with van der Waals surface area (Å²) in [5.74, 6) is 0. The molecule has 0 aromatic rings. The first kappa shape index (κ1) is 10.6. The Hall–Kier alpha value is 0.683. The van der Waals surface area contributed by atoms with Gasteiger partial charge in [0, 0.05) is 19.5 Å². The van der Waals surface area contributed by atoms with Crippen molar-refractivity contribution in [1.29, 1.82) is 0 Å². The Bertz CT molecular complexity index is 56.9. The maximum atomic E-state index is 9.97. The van der Waals surface area contributed by atoms with Crippen molar-refractivity contribution in [1.82, 2.24) is 0 Å². The van der Waals surface area contributed by atoms with Gasteiger partial charge in [-0.15, -0.1) is 4.52 Å². The molecule has 0 rings (SSSR count). The molecule has 7 heavy (non-hydrogen) atoms. The number of hydrogen-bond acceptors (Lipinski definition) is 2. The van der Waals surface area contributed by atoms with E-state index < -0.39 is 8.03 Å². The molecule has 0 N–H and O–H groups in total. The minimum Gasteiger partial charge on any atom is -0.147 e. The van der Waals surface area contributed by atoms with Gasteiger partial charge in [0.05, 0.1) is 6.61 Å². The minimum atomic E-state index is -1.35. The van der Waals surface area contributed by atoms with Crippen molar-refractivity contribution in [3.05, 3.63) is 0 Å². The molecular weight excluding hydrogens is 164 g/mol. The van der Waals surface area contributed by atoms with E-state index in [-0.39, 0.29) is 19.5 Å². The van der Waals surface area contributed by atoms with Crippen LogP contribution in [0.5, 0.6) is 0 Å². The van der Waals surface area contributed by atoms with E-state index in [0.717, 1.165) is 0 Å². The van der Waals surface area contributed by atoms with Crippen LogP contribution < -0.4 is 0 Å². The van der Waals surface area contributed by atoms with Crippen LogP contribution in [-0.2, 0) is 28.6 Å². The third-order valence-electron chi connectivity index (χ3n) is 0.311. The second kappa shape index (κ2) is 6.68. The first-order valence-corrected chi connectivity index (χ1v) is 3.43. The van der Waals surface area contributed by atoms with Gasteiger partial charge < -0.3 is 0 Å². The van der Waals surface area contributed by atoms with Gasteiger partial charge in [0.15, 0.2) is 6.66 Å². The van der Waals surface area contributed by atoms with Gasteiger partial charge in [0.2, 0.25) is 0 Å². The fourth-order valence-corrected chi connectivity index (χ4v) is 0.545. The third kappa shape index (κ3) is 10.8. The van der Waals surface area contributed by atoms with E-state index in [1.807, 2.05) is 6.92 Å².